The zero-order valence-corrected chi connectivity index (χ0v) is 15.9. The van der Waals surface area contributed by atoms with Crippen molar-refractivity contribution >= 4 is 43.8 Å². The average molecular weight is 402 g/mol. The average Bonchev–Trinajstić information content (AvgIpc) is 3.23. The fourth-order valence-corrected chi connectivity index (χ4v) is 4.17. The van der Waals surface area contributed by atoms with Gasteiger partial charge in [0.2, 0.25) is 4.96 Å². The standard InChI is InChI=1S/C17H14N4O4S2/c1-10-6-15(22)21-17(18-10)27-14(20-21)8-25-16(23)9-24-7-13-19-11-4-2-3-5-12(11)26-13/h2-6H,7-9H2,1H3. The van der Waals surface area contributed by atoms with Crippen molar-refractivity contribution in [3.63, 3.8) is 0 Å². The van der Waals surface area contributed by atoms with Gasteiger partial charge in [0.05, 0.1) is 16.8 Å². The van der Waals surface area contributed by atoms with E-state index in [0.29, 0.717) is 15.7 Å². The molecule has 4 rings (SSSR count). The Morgan fingerprint density at radius 3 is 2.85 bits per heavy atom. The second-order valence-corrected chi connectivity index (χ2v) is 7.81. The van der Waals surface area contributed by atoms with Crippen LogP contribution in [0, 0.1) is 6.92 Å². The summed E-state index contributed by atoms with van der Waals surface area (Å²) in [4.78, 5) is 32.8. The SMILES string of the molecule is Cc1cc(=O)n2nc(COC(=O)COCc3nc4ccccc4s3)sc2n1. The van der Waals surface area contributed by atoms with Crippen LogP contribution in [-0.4, -0.2) is 32.2 Å². The molecule has 10 heteroatoms. The van der Waals surface area contributed by atoms with Gasteiger partial charge < -0.3 is 9.47 Å². The number of fused-ring (bicyclic) bond motifs is 2. The molecule has 0 bridgehead atoms. The molecule has 0 amide bonds. The Hall–Kier alpha value is -2.69. The number of esters is 1. The molecule has 8 nitrogen and oxygen atoms in total. The van der Waals surface area contributed by atoms with Crippen molar-refractivity contribution < 1.29 is 14.3 Å². The lowest BCUT2D eigenvalue weighted by molar-refractivity contribution is -0.150. The van der Waals surface area contributed by atoms with Gasteiger partial charge in [0.25, 0.3) is 5.56 Å². The molecule has 0 saturated carbocycles. The van der Waals surface area contributed by atoms with Crippen LogP contribution in [0.1, 0.15) is 15.7 Å². The Morgan fingerprint density at radius 2 is 2.00 bits per heavy atom. The summed E-state index contributed by atoms with van der Waals surface area (Å²) >= 11 is 2.73. The van der Waals surface area contributed by atoms with Crippen LogP contribution in [0.25, 0.3) is 15.2 Å². The quantitative estimate of drug-likeness (QED) is 0.457. The molecule has 0 radical (unpaired) electrons. The normalized spacial score (nSPS) is 11.3. The Balaban J connectivity index is 1.29. The molecule has 0 fully saturated rings. The van der Waals surface area contributed by atoms with Gasteiger partial charge in [-0.1, -0.05) is 23.5 Å². The summed E-state index contributed by atoms with van der Waals surface area (Å²) in [6.45, 7) is 1.77. The van der Waals surface area contributed by atoms with Gasteiger partial charge in [-0.2, -0.15) is 9.61 Å². The molecule has 0 aliphatic carbocycles. The van der Waals surface area contributed by atoms with Crippen LogP contribution in [-0.2, 0) is 27.5 Å². The summed E-state index contributed by atoms with van der Waals surface area (Å²) in [5.41, 5.74) is 1.28. The van der Waals surface area contributed by atoms with Crippen LogP contribution < -0.4 is 5.56 Å². The molecule has 138 valence electrons. The number of nitrogens with zero attached hydrogens (tertiary/aromatic N) is 4. The molecule has 27 heavy (non-hydrogen) atoms. The Bertz CT molecular complexity index is 1150. The van der Waals surface area contributed by atoms with E-state index in [2.05, 4.69) is 15.1 Å². The van der Waals surface area contributed by atoms with E-state index in [-0.39, 0.29) is 25.4 Å². The third-order valence-corrected chi connectivity index (χ3v) is 5.45. The number of hydrogen-bond donors (Lipinski definition) is 0. The molecule has 0 unspecified atom stereocenters. The van der Waals surface area contributed by atoms with E-state index in [1.807, 2.05) is 24.3 Å². The summed E-state index contributed by atoms with van der Waals surface area (Å²) in [5, 5.41) is 5.40. The Kier molecular flexibility index (Phi) is 4.92. The number of carbonyl (C=O) groups excluding carboxylic acids is 1. The first-order valence-corrected chi connectivity index (χ1v) is 9.66. The first kappa shape index (κ1) is 17.7. The smallest absolute Gasteiger partial charge is 0.332 e. The lowest BCUT2D eigenvalue weighted by Gasteiger charge is -2.02. The van der Waals surface area contributed by atoms with Crippen molar-refractivity contribution in [2.24, 2.45) is 0 Å². The van der Waals surface area contributed by atoms with Crippen molar-refractivity contribution in [2.45, 2.75) is 20.1 Å². The summed E-state index contributed by atoms with van der Waals surface area (Å²) in [7, 11) is 0. The highest BCUT2D eigenvalue weighted by Gasteiger charge is 2.11. The van der Waals surface area contributed by atoms with Crippen molar-refractivity contribution in [3.8, 4) is 0 Å². The number of thiazole rings is 1. The highest BCUT2D eigenvalue weighted by molar-refractivity contribution is 7.18. The van der Waals surface area contributed by atoms with E-state index in [4.69, 9.17) is 9.47 Å². The molecule has 3 heterocycles. The predicted octanol–water partition coefficient (Wildman–Crippen LogP) is 2.33. The number of ether oxygens (including phenoxy) is 2. The van der Waals surface area contributed by atoms with Gasteiger partial charge >= 0.3 is 5.97 Å². The van der Waals surface area contributed by atoms with Crippen LogP contribution >= 0.6 is 22.7 Å². The van der Waals surface area contributed by atoms with Gasteiger partial charge in [0.15, 0.2) is 5.01 Å². The molecule has 0 N–H and O–H groups in total. The van der Waals surface area contributed by atoms with Gasteiger partial charge in [0, 0.05) is 11.8 Å². The molecular weight excluding hydrogens is 388 g/mol. The second-order valence-electron chi connectivity index (χ2n) is 5.65. The topological polar surface area (TPSA) is 95.7 Å². The zero-order chi connectivity index (χ0) is 18.8. The molecule has 0 spiro atoms. The van der Waals surface area contributed by atoms with Crippen molar-refractivity contribution in [3.05, 3.63) is 56.4 Å². The second kappa shape index (κ2) is 7.51. The van der Waals surface area contributed by atoms with Crippen LogP contribution in [0.5, 0.6) is 0 Å². The number of para-hydroxylation sites is 1. The van der Waals surface area contributed by atoms with Crippen molar-refractivity contribution in [2.75, 3.05) is 6.61 Å². The van der Waals surface area contributed by atoms with Gasteiger partial charge in [-0.05, 0) is 19.1 Å². The predicted molar refractivity (Wildman–Crippen MR) is 101 cm³/mol. The third kappa shape index (κ3) is 4.02. The fourth-order valence-electron chi connectivity index (χ4n) is 2.41. The van der Waals surface area contributed by atoms with Crippen molar-refractivity contribution in [1.82, 2.24) is 19.6 Å². The fraction of sp³-hybridized carbons (Fsp3) is 0.235. The minimum Gasteiger partial charge on any atom is -0.456 e. The molecule has 0 aliphatic rings. The van der Waals surface area contributed by atoms with E-state index < -0.39 is 5.97 Å². The molecule has 0 aliphatic heterocycles. The van der Waals surface area contributed by atoms with Gasteiger partial charge in [-0.3, -0.25) is 4.79 Å². The lowest BCUT2D eigenvalue weighted by atomic mass is 10.3. The first-order valence-electron chi connectivity index (χ1n) is 8.03. The monoisotopic (exact) mass is 402 g/mol. The van der Waals surface area contributed by atoms with Crippen LogP contribution in [0.3, 0.4) is 0 Å². The molecule has 0 saturated heterocycles. The van der Waals surface area contributed by atoms with Gasteiger partial charge in [-0.15, -0.1) is 11.3 Å². The van der Waals surface area contributed by atoms with E-state index in [1.54, 1.807) is 6.92 Å². The number of rotatable bonds is 6. The molecule has 0 atom stereocenters. The summed E-state index contributed by atoms with van der Waals surface area (Å²) < 4.78 is 12.8. The Labute approximate surface area is 161 Å². The minimum atomic E-state index is -0.508. The first-order chi connectivity index (χ1) is 13.1. The van der Waals surface area contributed by atoms with E-state index in [0.717, 1.165) is 15.2 Å². The molecular formula is C17H14N4O4S2. The Morgan fingerprint density at radius 1 is 1.15 bits per heavy atom. The number of benzene rings is 1. The lowest BCUT2D eigenvalue weighted by Crippen LogP contribution is -2.15. The van der Waals surface area contributed by atoms with Crippen LogP contribution in [0.2, 0.25) is 0 Å². The van der Waals surface area contributed by atoms with Crippen LogP contribution in [0.15, 0.2) is 35.1 Å². The van der Waals surface area contributed by atoms with Crippen molar-refractivity contribution in [1.29, 1.82) is 0 Å². The molecule has 3 aromatic heterocycles. The highest BCUT2D eigenvalue weighted by atomic mass is 32.1. The maximum atomic E-state index is 11.8. The summed E-state index contributed by atoms with van der Waals surface area (Å²) in [6, 6.07) is 9.21. The minimum absolute atomic E-state index is 0.0319. The molecule has 4 aromatic rings. The highest BCUT2D eigenvalue weighted by Crippen LogP contribution is 2.21. The maximum Gasteiger partial charge on any atom is 0.332 e. The zero-order valence-electron chi connectivity index (χ0n) is 14.2. The van der Waals surface area contributed by atoms with E-state index in [9.17, 15) is 9.59 Å². The van der Waals surface area contributed by atoms with Crippen LogP contribution in [0.4, 0.5) is 0 Å². The number of aromatic nitrogens is 4. The molecule has 1 aromatic carbocycles. The van der Waals surface area contributed by atoms with Gasteiger partial charge in [-0.25, -0.2) is 14.8 Å². The maximum absolute atomic E-state index is 11.8. The summed E-state index contributed by atoms with van der Waals surface area (Å²) in [5.74, 6) is -0.508. The number of aryl methyl sites for hydroxylation is 1. The number of hydrogen-bond acceptors (Lipinski definition) is 9. The third-order valence-electron chi connectivity index (χ3n) is 3.56. The van der Waals surface area contributed by atoms with E-state index in [1.165, 1.54) is 33.3 Å². The largest absolute Gasteiger partial charge is 0.456 e. The van der Waals surface area contributed by atoms with E-state index >= 15 is 0 Å². The summed E-state index contributed by atoms with van der Waals surface area (Å²) in [6.07, 6.45) is 0. The van der Waals surface area contributed by atoms with Gasteiger partial charge in [0.1, 0.15) is 18.2 Å². The number of carbonyl (C=O) groups is 1.